The predicted octanol–water partition coefficient (Wildman–Crippen LogP) is 5.09. The van der Waals surface area contributed by atoms with Crippen molar-refractivity contribution in [3.8, 4) is 0 Å². The Hall–Kier alpha value is -0.593. The molecule has 22 heavy (non-hydrogen) atoms. The molecule has 0 bridgehead atoms. The smallest absolute Gasteiger partial charge is 0.398 e. The predicted molar refractivity (Wildman–Crippen MR) is 85.3 cm³/mol. The maximum absolute atomic E-state index is 14.0. The zero-order chi connectivity index (χ0) is 17.6. The molecule has 0 aromatic carbocycles. The molecule has 0 spiro atoms. The van der Waals surface area contributed by atoms with Gasteiger partial charge >= 0.3 is 6.18 Å². The second-order valence-corrected chi connectivity index (χ2v) is 12.4. The van der Waals surface area contributed by atoms with Crippen LogP contribution in [0, 0.1) is 5.41 Å². The first-order valence-corrected chi connectivity index (χ1v) is 10.7. The third-order valence-corrected chi connectivity index (χ3v) is 4.55. The summed E-state index contributed by atoms with van der Waals surface area (Å²) in [5.41, 5.74) is -3.75. The minimum absolute atomic E-state index is 0.196. The molecule has 0 N–H and O–H groups in total. The van der Waals surface area contributed by atoms with E-state index in [2.05, 4.69) is 0 Å². The van der Waals surface area contributed by atoms with Gasteiger partial charge in [-0.2, -0.15) is 13.2 Å². The van der Waals surface area contributed by atoms with Crippen molar-refractivity contribution in [3.05, 3.63) is 23.8 Å². The van der Waals surface area contributed by atoms with Crippen molar-refractivity contribution in [2.75, 3.05) is 7.11 Å². The molecule has 2 atom stereocenters. The molecular formula is C16H27F3O2Si. The molecule has 0 radical (unpaired) electrons. The van der Waals surface area contributed by atoms with Crippen LogP contribution in [0.3, 0.4) is 0 Å². The summed E-state index contributed by atoms with van der Waals surface area (Å²) in [5, 5.41) is 0. The van der Waals surface area contributed by atoms with Crippen LogP contribution >= 0.6 is 0 Å². The summed E-state index contributed by atoms with van der Waals surface area (Å²) in [7, 11) is -0.970. The number of ether oxygens (including phenoxy) is 1. The van der Waals surface area contributed by atoms with Gasteiger partial charge in [-0.1, -0.05) is 20.8 Å². The van der Waals surface area contributed by atoms with Crippen LogP contribution < -0.4 is 0 Å². The van der Waals surface area contributed by atoms with Gasteiger partial charge in [-0.05, 0) is 55.8 Å². The van der Waals surface area contributed by atoms with Gasteiger partial charge in [0, 0.05) is 7.11 Å². The van der Waals surface area contributed by atoms with E-state index in [0.29, 0.717) is 0 Å². The van der Waals surface area contributed by atoms with Gasteiger partial charge in [0.1, 0.15) is 5.60 Å². The SMILES string of the molecule is CO[C@]1(C)C=C[C@@](O[Si](C)(C)C)(C(F)(F)F)C(C(C)(C)C)=C1. The highest BCUT2D eigenvalue weighted by Crippen LogP contribution is 2.51. The second-order valence-electron chi connectivity index (χ2n) is 7.98. The van der Waals surface area contributed by atoms with Gasteiger partial charge in [-0.15, -0.1) is 0 Å². The van der Waals surface area contributed by atoms with Crippen LogP contribution in [-0.4, -0.2) is 32.8 Å². The van der Waals surface area contributed by atoms with E-state index >= 15 is 0 Å². The zero-order valence-corrected chi connectivity index (χ0v) is 15.7. The van der Waals surface area contributed by atoms with Crippen LogP contribution in [-0.2, 0) is 9.16 Å². The summed E-state index contributed by atoms with van der Waals surface area (Å²) in [4.78, 5) is 0. The average Bonchev–Trinajstić information content (AvgIpc) is 2.27. The molecule has 1 rings (SSSR count). The van der Waals surface area contributed by atoms with Gasteiger partial charge < -0.3 is 9.16 Å². The van der Waals surface area contributed by atoms with E-state index in [1.807, 2.05) is 0 Å². The van der Waals surface area contributed by atoms with E-state index in [9.17, 15) is 13.2 Å². The molecule has 1 aliphatic carbocycles. The van der Waals surface area contributed by atoms with Crippen molar-refractivity contribution in [1.29, 1.82) is 0 Å². The van der Waals surface area contributed by atoms with E-state index in [4.69, 9.17) is 9.16 Å². The Morgan fingerprint density at radius 2 is 1.55 bits per heavy atom. The van der Waals surface area contributed by atoms with Crippen molar-refractivity contribution in [2.45, 2.75) is 64.7 Å². The fourth-order valence-electron chi connectivity index (χ4n) is 2.59. The molecule has 0 fully saturated rings. The number of alkyl halides is 3. The van der Waals surface area contributed by atoms with Gasteiger partial charge in [-0.3, -0.25) is 0 Å². The Morgan fingerprint density at radius 3 is 1.86 bits per heavy atom. The highest BCUT2D eigenvalue weighted by atomic mass is 28.4. The average molecular weight is 336 g/mol. The molecule has 0 heterocycles. The number of halogens is 3. The van der Waals surface area contributed by atoms with Crippen molar-refractivity contribution in [2.24, 2.45) is 5.41 Å². The molecule has 6 heteroatoms. The molecular weight excluding hydrogens is 309 g/mol. The summed E-state index contributed by atoms with van der Waals surface area (Å²) in [6.07, 6.45) is -0.399. The van der Waals surface area contributed by atoms with Gasteiger partial charge in [0.15, 0.2) is 13.9 Å². The topological polar surface area (TPSA) is 18.5 Å². The van der Waals surface area contributed by atoms with Crippen LogP contribution in [0.5, 0.6) is 0 Å². The maximum Gasteiger partial charge on any atom is 0.424 e. The highest BCUT2D eigenvalue weighted by molar-refractivity contribution is 6.69. The lowest BCUT2D eigenvalue weighted by Crippen LogP contribution is -2.57. The summed E-state index contributed by atoms with van der Waals surface area (Å²) in [6, 6.07) is 0. The number of hydrogen-bond donors (Lipinski definition) is 0. The largest absolute Gasteiger partial charge is 0.424 e. The standard InChI is InChI=1S/C16H27F3O2Si/c1-13(2,3)12-11-14(4,20-5)9-10-15(12,16(17,18)19)21-22(6,7)8/h9-11H,1-8H3/t14-,15+/m1/s1. The lowest BCUT2D eigenvalue weighted by atomic mass is 9.70. The summed E-state index contributed by atoms with van der Waals surface area (Å²) in [5.74, 6) is 0. The number of methoxy groups -OCH3 is 1. The van der Waals surface area contributed by atoms with Crippen molar-refractivity contribution in [1.82, 2.24) is 0 Å². The Kier molecular flexibility index (Phi) is 4.86. The fraction of sp³-hybridized carbons (Fsp3) is 0.750. The monoisotopic (exact) mass is 336 g/mol. The molecule has 0 saturated heterocycles. The van der Waals surface area contributed by atoms with Crippen molar-refractivity contribution < 1.29 is 22.3 Å². The first-order valence-electron chi connectivity index (χ1n) is 7.33. The van der Waals surface area contributed by atoms with Crippen molar-refractivity contribution in [3.63, 3.8) is 0 Å². The first-order chi connectivity index (χ1) is 9.56. The molecule has 2 nitrogen and oxygen atoms in total. The van der Waals surface area contributed by atoms with Crippen LogP contribution in [0.2, 0.25) is 19.6 Å². The summed E-state index contributed by atoms with van der Waals surface area (Å²) in [6.45, 7) is 12.3. The highest BCUT2D eigenvalue weighted by Gasteiger charge is 2.61. The van der Waals surface area contributed by atoms with Crippen LogP contribution in [0.4, 0.5) is 13.2 Å². The molecule has 0 aromatic rings. The maximum atomic E-state index is 14.0. The van der Waals surface area contributed by atoms with Gasteiger partial charge in [0.2, 0.25) is 0 Å². The van der Waals surface area contributed by atoms with E-state index in [-0.39, 0.29) is 5.57 Å². The van der Waals surface area contributed by atoms with E-state index in [1.165, 1.54) is 13.2 Å². The second kappa shape index (κ2) is 5.49. The molecule has 0 aromatic heterocycles. The Morgan fingerprint density at radius 1 is 1.05 bits per heavy atom. The molecule has 0 amide bonds. The molecule has 1 aliphatic rings. The lowest BCUT2D eigenvalue weighted by molar-refractivity contribution is -0.223. The zero-order valence-electron chi connectivity index (χ0n) is 14.7. The number of hydrogen-bond acceptors (Lipinski definition) is 2. The minimum Gasteiger partial charge on any atom is -0.398 e. The number of rotatable bonds is 3. The van der Waals surface area contributed by atoms with Gasteiger partial charge in [0.05, 0.1) is 0 Å². The molecule has 0 saturated carbocycles. The van der Waals surface area contributed by atoms with Gasteiger partial charge in [0.25, 0.3) is 0 Å². The minimum atomic E-state index is -4.53. The van der Waals surface area contributed by atoms with Crippen LogP contribution in [0.1, 0.15) is 27.7 Å². The quantitative estimate of drug-likeness (QED) is 0.528. The van der Waals surface area contributed by atoms with Crippen molar-refractivity contribution >= 4 is 8.32 Å². The van der Waals surface area contributed by atoms with E-state index in [0.717, 1.165) is 6.08 Å². The van der Waals surface area contributed by atoms with Crippen LogP contribution in [0.15, 0.2) is 23.8 Å². The normalized spacial score (nSPS) is 30.4. The molecule has 128 valence electrons. The summed E-state index contributed by atoms with van der Waals surface area (Å²) < 4.78 is 53.2. The molecule has 0 aliphatic heterocycles. The van der Waals surface area contributed by atoms with E-state index in [1.54, 1.807) is 53.4 Å². The van der Waals surface area contributed by atoms with Gasteiger partial charge in [-0.25, -0.2) is 0 Å². The lowest BCUT2D eigenvalue weighted by Gasteiger charge is -2.47. The Labute approximate surface area is 132 Å². The third-order valence-electron chi connectivity index (χ3n) is 3.62. The molecule has 0 unspecified atom stereocenters. The summed E-state index contributed by atoms with van der Waals surface area (Å²) >= 11 is 0. The fourth-order valence-corrected chi connectivity index (χ4v) is 3.85. The Bertz CT molecular complexity index is 483. The Balaban J connectivity index is 3.62. The van der Waals surface area contributed by atoms with E-state index < -0.39 is 31.1 Å². The van der Waals surface area contributed by atoms with Crippen LogP contribution in [0.25, 0.3) is 0 Å². The first kappa shape index (κ1) is 19.5. The third kappa shape index (κ3) is 3.84.